The number of aryl methyl sites for hydroxylation is 2. The molecule has 1 heterocycles. The minimum atomic E-state index is 1.03. The fourth-order valence-corrected chi connectivity index (χ4v) is 1.72. The lowest BCUT2D eigenvalue weighted by atomic mass is 10.1. The monoisotopic (exact) mass is 185 g/mol. The summed E-state index contributed by atoms with van der Waals surface area (Å²) < 4.78 is 2.09. The molecular formula is C13H15N. The van der Waals surface area contributed by atoms with Crippen molar-refractivity contribution in [2.75, 3.05) is 0 Å². The summed E-state index contributed by atoms with van der Waals surface area (Å²) in [5.41, 5.74) is 4.09. The van der Waals surface area contributed by atoms with Gasteiger partial charge in [-0.25, -0.2) is 0 Å². The van der Waals surface area contributed by atoms with Gasteiger partial charge in [0.2, 0.25) is 0 Å². The van der Waals surface area contributed by atoms with E-state index < -0.39 is 0 Å². The van der Waals surface area contributed by atoms with E-state index in [4.69, 9.17) is 0 Å². The molecule has 0 amide bonds. The largest absolute Gasteiger partial charge is 0.357 e. The van der Waals surface area contributed by atoms with Crippen molar-refractivity contribution in [1.82, 2.24) is 4.57 Å². The molecule has 0 saturated carbocycles. The van der Waals surface area contributed by atoms with Gasteiger partial charge in [-0.1, -0.05) is 29.8 Å². The van der Waals surface area contributed by atoms with Crippen molar-refractivity contribution in [3.8, 4) is 0 Å². The minimum absolute atomic E-state index is 1.03. The number of nitrogens with zero attached hydrogens (tertiary/aromatic N) is 1. The average Bonchev–Trinajstić information content (AvgIpc) is 2.51. The van der Waals surface area contributed by atoms with Crippen molar-refractivity contribution in [2.24, 2.45) is 7.05 Å². The van der Waals surface area contributed by atoms with Crippen LogP contribution in [0.3, 0.4) is 0 Å². The average molecular weight is 185 g/mol. The van der Waals surface area contributed by atoms with E-state index in [2.05, 4.69) is 61.3 Å². The van der Waals surface area contributed by atoms with Crippen molar-refractivity contribution in [2.45, 2.75) is 13.3 Å². The van der Waals surface area contributed by atoms with Crippen molar-refractivity contribution in [3.63, 3.8) is 0 Å². The molecule has 0 atom stereocenters. The van der Waals surface area contributed by atoms with Gasteiger partial charge in [-0.2, -0.15) is 0 Å². The fourth-order valence-electron chi connectivity index (χ4n) is 1.72. The summed E-state index contributed by atoms with van der Waals surface area (Å²) in [6.45, 7) is 2.13. The Morgan fingerprint density at radius 2 is 2.00 bits per heavy atom. The molecular weight excluding hydrogens is 170 g/mol. The van der Waals surface area contributed by atoms with Gasteiger partial charge in [0, 0.05) is 19.4 Å². The van der Waals surface area contributed by atoms with Gasteiger partial charge < -0.3 is 4.57 Å². The molecule has 1 nitrogen and oxygen atoms in total. The number of hydrogen-bond donors (Lipinski definition) is 0. The van der Waals surface area contributed by atoms with Crippen LogP contribution in [0.2, 0.25) is 0 Å². The highest BCUT2D eigenvalue weighted by molar-refractivity contribution is 5.27. The lowest BCUT2D eigenvalue weighted by Crippen LogP contribution is -1.87. The Morgan fingerprint density at radius 3 is 2.64 bits per heavy atom. The summed E-state index contributed by atoms with van der Waals surface area (Å²) in [5, 5.41) is 0. The van der Waals surface area contributed by atoms with Gasteiger partial charge in [-0.05, 0) is 30.5 Å². The van der Waals surface area contributed by atoms with Crippen LogP contribution in [-0.4, -0.2) is 4.57 Å². The molecule has 0 aliphatic carbocycles. The maximum atomic E-state index is 2.24. The molecule has 0 spiro atoms. The molecule has 72 valence electrons. The summed E-state index contributed by atoms with van der Waals surface area (Å²) in [7, 11) is 2.06. The third-order valence-electron chi connectivity index (χ3n) is 2.38. The van der Waals surface area contributed by atoms with Gasteiger partial charge in [0.25, 0.3) is 0 Å². The van der Waals surface area contributed by atoms with Gasteiger partial charge in [0.05, 0.1) is 0 Å². The molecule has 0 N–H and O–H groups in total. The zero-order valence-corrected chi connectivity index (χ0v) is 8.70. The molecule has 0 aliphatic rings. The summed E-state index contributed by atoms with van der Waals surface area (Å²) >= 11 is 0. The first-order valence-corrected chi connectivity index (χ1v) is 4.90. The van der Waals surface area contributed by atoms with Crippen LogP contribution in [0.5, 0.6) is 0 Å². The Bertz CT molecular complexity index is 426. The molecule has 2 aromatic rings. The van der Waals surface area contributed by atoms with E-state index in [1.165, 1.54) is 16.7 Å². The van der Waals surface area contributed by atoms with Crippen molar-refractivity contribution in [1.29, 1.82) is 0 Å². The summed E-state index contributed by atoms with van der Waals surface area (Å²) in [5.74, 6) is 0. The smallest absolute Gasteiger partial charge is 0.0106 e. The van der Waals surface area contributed by atoms with Gasteiger partial charge in [-0.15, -0.1) is 0 Å². The highest BCUT2D eigenvalue weighted by Crippen LogP contribution is 2.10. The van der Waals surface area contributed by atoms with E-state index in [9.17, 15) is 0 Å². The summed E-state index contributed by atoms with van der Waals surface area (Å²) in [4.78, 5) is 0. The second-order valence-electron chi connectivity index (χ2n) is 3.85. The first kappa shape index (κ1) is 9.07. The lowest BCUT2D eigenvalue weighted by Gasteiger charge is -2.00. The predicted molar refractivity (Wildman–Crippen MR) is 59.4 cm³/mol. The second kappa shape index (κ2) is 3.70. The standard InChI is InChI=1S/C13H15N/c1-11-4-3-5-12(8-11)9-13-6-7-14(2)10-13/h3-8,10H,9H2,1-2H3. The van der Waals surface area contributed by atoms with Crippen LogP contribution in [0.1, 0.15) is 16.7 Å². The van der Waals surface area contributed by atoms with Crippen LogP contribution in [0.4, 0.5) is 0 Å². The van der Waals surface area contributed by atoms with Gasteiger partial charge >= 0.3 is 0 Å². The summed E-state index contributed by atoms with van der Waals surface area (Å²) in [6.07, 6.45) is 5.29. The van der Waals surface area contributed by atoms with Crippen LogP contribution in [0.25, 0.3) is 0 Å². The van der Waals surface area contributed by atoms with E-state index >= 15 is 0 Å². The molecule has 1 aromatic carbocycles. The molecule has 1 aromatic heterocycles. The quantitative estimate of drug-likeness (QED) is 0.678. The maximum Gasteiger partial charge on any atom is 0.0106 e. The predicted octanol–water partition coefficient (Wildman–Crippen LogP) is 2.92. The van der Waals surface area contributed by atoms with E-state index in [-0.39, 0.29) is 0 Å². The zero-order valence-electron chi connectivity index (χ0n) is 8.70. The van der Waals surface area contributed by atoms with Crippen LogP contribution in [-0.2, 0) is 13.5 Å². The van der Waals surface area contributed by atoms with Crippen LogP contribution >= 0.6 is 0 Å². The summed E-state index contributed by atoms with van der Waals surface area (Å²) in [6, 6.07) is 10.8. The molecule has 0 radical (unpaired) electrons. The molecule has 0 unspecified atom stereocenters. The van der Waals surface area contributed by atoms with Crippen LogP contribution in [0.15, 0.2) is 42.7 Å². The number of rotatable bonds is 2. The molecule has 0 saturated heterocycles. The van der Waals surface area contributed by atoms with E-state index in [0.717, 1.165) is 6.42 Å². The Hall–Kier alpha value is -1.50. The Kier molecular flexibility index (Phi) is 2.40. The van der Waals surface area contributed by atoms with Gasteiger partial charge in [0.1, 0.15) is 0 Å². The van der Waals surface area contributed by atoms with Crippen molar-refractivity contribution >= 4 is 0 Å². The Morgan fingerprint density at radius 1 is 1.14 bits per heavy atom. The molecule has 14 heavy (non-hydrogen) atoms. The second-order valence-corrected chi connectivity index (χ2v) is 3.85. The molecule has 0 fully saturated rings. The van der Waals surface area contributed by atoms with E-state index in [1.54, 1.807) is 0 Å². The highest BCUT2D eigenvalue weighted by atomic mass is 14.9. The highest BCUT2D eigenvalue weighted by Gasteiger charge is 1.97. The topological polar surface area (TPSA) is 4.93 Å². The zero-order chi connectivity index (χ0) is 9.97. The molecule has 2 rings (SSSR count). The van der Waals surface area contributed by atoms with Gasteiger partial charge in [0.15, 0.2) is 0 Å². The van der Waals surface area contributed by atoms with E-state index in [0.29, 0.717) is 0 Å². The molecule has 1 heteroatoms. The van der Waals surface area contributed by atoms with Crippen molar-refractivity contribution in [3.05, 3.63) is 59.4 Å². The number of hydrogen-bond acceptors (Lipinski definition) is 0. The molecule has 0 aliphatic heterocycles. The third-order valence-corrected chi connectivity index (χ3v) is 2.38. The molecule has 0 bridgehead atoms. The lowest BCUT2D eigenvalue weighted by molar-refractivity contribution is 0.921. The number of aromatic nitrogens is 1. The first-order chi connectivity index (χ1) is 6.74. The first-order valence-electron chi connectivity index (χ1n) is 4.90. The fraction of sp³-hybridized carbons (Fsp3) is 0.231. The van der Waals surface area contributed by atoms with Crippen LogP contribution < -0.4 is 0 Å². The third kappa shape index (κ3) is 2.05. The van der Waals surface area contributed by atoms with E-state index in [1.807, 2.05) is 0 Å². The minimum Gasteiger partial charge on any atom is -0.357 e. The number of benzene rings is 1. The maximum absolute atomic E-state index is 2.24. The normalized spacial score (nSPS) is 10.4. The SMILES string of the molecule is Cc1cccc(Cc2ccn(C)c2)c1. The van der Waals surface area contributed by atoms with Crippen molar-refractivity contribution < 1.29 is 0 Å². The Labute approximate surface area is 85.0 Å². The van der Waals surface area contributed by atoms with Gasteiger partial charge in [-0.3, -0.25) is 0 Å². The Balaban J connectivity index is 2.18. The van der Waals surface area contributed by atoms with Crippen LogP contribution in [0, 0.1) is 6.92 Å².